The summed E-state index contributed by atoms with van der Waals surface area (Å²) in [7, 11) is 0. The number of benzene rings is 3. The zero-order chi connectivity index (χ0) is 20.8. The van der Waals surface area contributed by atoms with Crippen LogP contribution in [0, 0.1) is 0 Å². The summed E-state index contributed by atoms with van der Waals surface area (Å²) >= 11 is 1.43. The van der Waals surface area contributed by atoms with Crippen molar-refractivity contribution in [2.45, 2.75) is 13.3 Å². The molecule has 1 heterocycles. The number of carbonyl (C=O) groups excluding carboxylic acids is 1. The molecule has 0 aliphatic carbocycles. The predicted octanol–water partition coefficient (Wildman–Crippen LogP) is 6.55. The number of amides is 1. The third-order valence-electron chi connectivity index (χ3n) is 4.82. The fourth-order valence-electron chi connectivity index (χ4n) is 3.15. The summed E-state index contributed by atoms with van der Waals surface area (Å²) < 4.78 is 0. The molecular formula is C26H22N2OS. The smallest absolute Gasteiger partial charge is 0.258 e. The van der Waals surface area contributed by atoms with Gasteiger partial charge in [0.05, 0.1) is 5.69 Å². The Bertz CT molecular complexity index is 1150. The molecule has 4 heteroatoms. The highest BCUT2D eigenvalue weighted by Gasteiger charge is 2.14. The molecule has 0 saturated carbocycles. The maximum Gasteiger partial charge on any atom is 0.258 e. The van der Waals surface area contributed by atoms with E-state index in [-0.39, 0.29) is 5.91 Å². The second kappa shape index (κ2) is 9.33. The molecular weight excluding hydrogens is 388 g/mol. The molecule has 4 rings (SSSR count). The molecule has 148 valence electrons. The minimum Gasteiger partial charge on any atom is -0.298 e. The summed E-state index contributed by atoms with van der Waals surface area (Å²) in [6, 6.07) is 27.9. The van der Waals surface area contributed by atoms with Crippen molar-refractivity contribution in [2.75, 3.05) is 5.32 Å². The van der Waals surface area contributed by atoms with E-state index in [1.807, 2.05) is 72.1 Å². The van der Waals surface area contributed by atoms with Crippen molar-refractivity contribution in [2.24, 2.45) is 0 Å². The highest BCUT2D eigenvalue weighted by atomic mass is 32.1. The summed E-state index contributed by atoms with van der Waals surface area (Å²) in [6.07, 6.45) is 2.91. The minimum absolute atomic E-state index is 0.174. The van der Waals surface area contributed by atoms with Crippen LogP contribution in [-0.4, -0.2) is 10.9 Å². The molecule has 0 fully saturated rings. The monoisotopic (exact) mass is 410 g/mol. The SMILES string of the molecule is CCc1ccc(-c2csc(NC(=O)/C(=C/c3ccccc3)c3ccccc3)n2)cc1. The van der Waals surface area contributed by atoms with Gasteiger partial charge in [-0.15, -0.1) is 11.3 Å². The summed E-state index contributed by atoms with van der Waals surface area (Å²) in [5, 5.41) is 5.53. The molecule has 0 spiro atoms. The topological polar surface area (TPSA) is 42.0 Å². The van der Waals surface area contributed by atoms with Crippen molar-refractivity contribution in [1.82, 2.24) is 4.98 Å². The van der Waals surface area contributed by atoms with Crippen molar-refractivity contribution >= 4 is 34.0 Å². The van der Waals surface area contributed by atoms with Gasteiger partial charge < -0.3 is 0 Å². The Hall–Kier alpha value is -3.50. The summed E-state index contributed by atoms with van der Waals surface area (Å²) in [6.45, 7) is 2.14. The molecule has 1 amide bonds. The van der Waals surface area contributed by atoms with Gasteiger partial charge in [0.2, 0.25) is 0 Å². The van der Waals surface area contributed by atoms with Gasteiger partial charge in [0.15, 0.2) is 5.13 Å². The Morgan fingerprint density at radius 2 is 1.60 bits per heavy atom. The maximum atomic E-state index is 13.1. The number of carbonyl (C=O) groups is 1. The molecule has 0 unspecified atom stereocenters. The zero-order valence-corrected chi connectivity index (χ0v) is 17.5. The normalized spacial score (nSPS) is 11.3. The quantitative estimate of drug-likeness (QED) is 0.289. The van der Waals surface area contributed by atoms with Gasteiger partial charge in [-0.05, 0) is 29.2 Å². The Kier molecular flexibility index (Phi) is 6.16. The molecule has 3 nitrogen and oxygen atoms in total. The van der Waals surface area contributed by atoms with E-state index < -0.39 is 0 Å². The number of hydrogen-bond acceptors (Lipinski definition) is 3. The lowest BCUT2D eigenvalue weighted by Crippen LogP contribution is -2.13. The van der Waals surface area contributed by atoms with Gasteiger partial charge in [-0.2, -0.15) is 0 Å². The number of hydrogen-bond donors (Lipinski definition) is 1. The zero-order valence-electron chi connectivity index (χ0n) is 16.7. The number of rotatable bonds is 6. The molecule has 30 heavy (non-hydrogen) atoms. The first-order valence-electron chi connectivity index (χ1n) is 9.91. The van der Waals surface area contributed by atoms with E-state index in [4.69, 9.17) is 0 Å². The molecule has 0 bridgehead atoms. The highest BCUT2D eigenvalue weighted by molar-refractivity contribution is 7.14. The predicted molar refractivity (Wildman–Crippen MR) is 126 cm³/mol. The fourth-order valence-corrected chi connectivity index (χ4v) is 3.87. The van der Waals surface area contributed by atoms with Crippen molar-refractivity contribution in [1.29, 1.82) is 0 Å². The number of aromatic nitrogens is 1. The summed E-state index contributed by atoms with van der Waals surface area (Å²) in [4.78, 5) is 17.8. The van der Waals surface area contributed by atoms with E-state index in [1.165, 1.54) is 16.9 Å². The standard InChI is InChI=1S/C26H22N2OS/c1-2-19-13-15-22(16-14-19)24-18-30-26(27-24)28-25(29)23(21-11-7-4-8-12-21)17-20-9-5-3-6-10-20/h3-18H,2H2,1H3,(H,27,28,29)/b23-17+. The first-order chi connectivity index (χ1) is 14.7. The Balaban J connectivity index is 1.59. The second-order valence-electron chi connectivity index (χ2n) is 6.88. The average Bonchev–Trinajstić information content (AvgIpc) is 3.27. The van der Waals surface area contributed by atoms with Crippen LogP contribution < -0.4 is 5.32 Å². The van der Waals surface area contributed by atoms with E-state index in [0.717, 1.165) is 28.8 Å². The number of nitrogens with zero attached hydrogens (tertiary/aromatic N) is 1. The van der Waals surface area contributed by atoms with E-state index >= 15 is 0 Å². The molecule has 0 aliphatic heterocycles. The Morgan fingerprint density at radius 3 is 2.27 bits per heavy atom. The van der Waals surface area contributed by atoms with Crippen molar-refractivity contribution in [3.8, 4) is 11.3 Å². The van der Waals surface area contributed by atoms with Crippen LogP contribution >= 0.6 is 11.3 Å². The molecule has 1 N–H and O–H groups in total. The lowest BCUT2D eigenvalue weighted by Gasteiger charge is -2.08. The molecule has 0 aliphatic rings. The summed E-state index contributed by atoms with van der Waals surface area (Å²) in [5.41, 5.74) is 5.65. The third kappa shape index (κ3) is 4.73. The van der Waals surface area contributed by atoms with Gasteiger partial charge in [0.1, 0.15) is 0 Å². The van der Waals surface area contributed by atoms with E-state index in [2.05, 4.69) is 41.5 Å². The van der Waals surface area contributed by atoms with Crippen LogP contribution in [0.1, 0.15) is 23.6 Å². The van der Waals surface area contributed by atoms with Crippen LogP contribution in [0.3, 0.4) is 0 Å². The average molecular weight is 411 g/mol. The molecule has 0 atom stereocenters. The Labute approximate surface area is 180 Å². The minimum atomic E-state index is -0.174. The fraction of sp³-hybridized carbons (Fsp3) is 0.0769. The van der Waals surface area contributed by atoms with Crippen LogP contribution in [0.4, 0.5) is 5.13 Å². The van der Waals surface area contributed by atoms with Gasteiger partial charge in [-0.1, -0.05) is 91.9 Å². The van der Waals surface area contributed by atoms with Gasteiger partial charge >= 0.3 is 0 Å². The summed E-state index contributed by atoms with van der Waals surface area (Å²) in [5.74, 6) is -0.174. The Morgan fingerprint density at radius 1 is 0.933 bits per heavy atom. The van der Waals surface area contributed by atoms with E-state index in [0.29, 0.717) is 10.7 Å². The molecule has 3 aromatic carbocycles. The maximum absolute atomic E-state index is 13.1. The first kappa shape index (κ1) is 19.8. The third-order valence-corrected chi connectivity index (χ3v) is 5.58. The first-order valence-corrected chi connectivity index (χ1v) is 10.8. The second-order valence-corrected chi connectivity index (χ2v) is 7.74. The van der Waals surface area contributed by atoms with Gasteiger partial charge in [-0.3, -0.25) is 10.1 Å². The largest absolute Gasteiger partial charge is 0.298 e. The van der Waals surface area contributed by atoms with Crippen molar-refractivity contribution in [3.05, 3.63) is 107 Å². The molecule has 4 aromatic rings. The van der Waals surface area contributed by atoms with Crippen LogP contribution in [0.15, 0.2) is 90.3 Å². The van der Waals surface area contributed by atoms with Crippen LogP contribution in [-0.2, 0) is 11.2 Å². The lowest BCUT2D eigenvalue weighted by molar-refractivity contribution is -0.111. The van der Waals surface area contributed by atoms with E-state index in [9.17, 15) is 4.79 Å². The van der Waals surface area contributed by atoms with Gasteiger partial charge in [0.25, 0.3) is 5.91 Å². The number of thiazole rings is 1. The van der Waals surface area contributed by atoms with Gasteiger partial charge in [-0.25, -0.2) is 4.98 Å². The number of anilines is 1. The van der Waals surface area contributed by atoms with Crippen LogP contribution in [0.2, 0.25) is 0 Å². The highest BCUT2D eigenvalue weighted by Crippen LogP contribution is 2.27. The van der Waals surface area contributed by atoms with Gasteiger partial charge in [0, 0.05) is 16.5 Å². The lowest BCUT2D eigenvalue weighted by atomic mass is 10.0. The number of nitrogens with one attached hydrogen (secondary N) is 1. The molecule has 0 radical (unpaired) electrons. The van der Waals surface area contributed by atoms with Crippen molar-refractivity contribution in [3.63, 3.8) is 0 Å². The van der Waals surface area contributed by atoms with Crippen LogP contribution in [0.5, 0.6) is 0 Å². The van der Waals surface area contributed by atoms with E-state index in [1.54, 1.807) is 0 Å². The molecule has 0 saturated heterocycles. The van der Waals surface area contributed by atoms with Crippen molar-refractivity contribution < 1.29 is 4.79 Å². The number of aryl methyl sites for hydroxylation is 1. The molecule has 1 aromatic heterocycles. The van der Waals surface area contributed by atoms with Crippen LogP contribution in [0.25, 0.3) is 22.9 Å².